The Labute approximate surface area is 178 Å². The van der Waals surface area contributed by atoms with E-state index in [0.29, 0.717) is 31.9 Å². The number of nitrogens with one attached hydrogen (secondary N) is 1. The molecule has 1 aliphatic carbocycles. The molecule has 0 aromatic heterocycles. The van der Waals surface area contributed by atoms with Crippen molar-refractivity contribution in [1.29, 1.82) is 0 Å². The molecule has 0 radical (unpaired) electrons. The van der Waals surface area contributed by atoms with Crippen LogP contribution in [0.25, 0.3) is 0 Å². The summed E-state index contributed by atoms with van der Waals surface area (Å²) in [6, 6.07) is 6.71. The van der Waals surface area contributed by atoms with Crippen molar-refractivity contribution in [2.45, 2.75) is 57.5 Å². The van der Waals surface area contributed by atoms with E-state index in [9.17, 15) is 9.59 Å². The zero-order valence-corrected chi connectivity index (χ0v) is 18.2. The summed E-state index contributed by atoms with van der Waals surface area (Å²) in [5.74, 6) is 0.115. The van der Waals surface area contributed by atoms with Crippen LogP contribution in [-0.4, -0.2) is 55.5 Å². The molecule has 7 heteroatoms. The van der Waals surface area contributed by atoms with Gasteiger partial charge in [-0.05, 0) is 43.9 Å². The lowest BCUT2D eigenvalue weighted by Crippen LogP contribution is -2.47. The fraction of sp³-hybridized carbons (Fsp3) is 0.636. The highest BCUT2D eigenvalue weighted by molar-refractivity contribution is 6.27. The van der Waals surface area contributed by atoms with E-state index in [0.717, 1.165) is 31.2 Å². The molecule has 29 heavy (non-hydrogen) atoms. The van der Waals surface area contributed by atoms with Crippen LogP contribution in [0.2, 0.25) is 0 Å². The molecular weight excluding hydrogens is 392 g/mol. The smallest absolute Gasteiger partial charge is 0.247 e. The molecule has 6 nitrogen and oxygen atoms in total. The lowest BCUT2D eigenvalue weighted by Gasteiger charge is -2.33. The van der Waals surface area contributed by atoms with Gasteiger partial charge in [-0.15, -0.1) is 11.6 Å². The number of nitrogens with zero attached hydrogens (tertiary/aromatic N) is 1. The number of hydrogen-bond acceptors (Lipinski definition) is 4. The average Bonchev–Trinajstić information content (AvgIpc) is 2.76. The molecule has 2 amide bonds. The van der Waals surface area contributed by atoms with Crippen molar-refractivity contribution in [1.82, 2.24) is 10.2 Å². The molecule has 1 saturated carbocycles. The van der Waals surface area contributed by atoms with E-state index in [1.165, 1.54) is 6.42 Å². The molecule has 1 aromatic carbocycles. The number of carbonyl (C=O) groups excluding carboxylic acids is 2. The van der Waals surface area contributed by atoms with Gasteiger partial charge in [-0.2, -0.15) is 0 Å². The molecular formula is C22H33ClN2O4. The van der Waals surface area contributed by atoms with Crippen molar-refractivity contribution in [2.24, 2.45) is 0 Å². The number of methoxy groups -OCH3 is 1. The first-order valence-electron chi connectivity index (χ1n) is 10.5. The zero-order chi connectivity index (χ0) is 21.1. The Morgan fingerprint density at radius 3 is 2.48 bits per heavy atom. The van der Waals surface area contributed by atoms with E-state index < -0.39 is 6.04 Å². The second-order valence-electron chi connectivity index (χ2n) is 7.29. The molecule has 1 N–H and O–H groups in total. The van der Waals surface area contributed by atoms with E-state index in [-0.39, 0.29) is 23.7 Å². The lowest BCUT2D eigenvalue weighted by atomic mass is 9.94. The summed E-state index contributed by atoms with van der Waals surface area (Å²) in [7, 11) is 1.60. The van der Waals surface area contributed by atoms with Gasteiger partial charge in [-0.3, -0.25) is 9.59 Å². The van der Waals surface area contributed by atoms with Crippen LogP contribution >= 0.6 is 11.6 Å². The summed E-state index contributed by atoms with van der Waals surface area (Å²) in [6.07, 6.45) is 6.06. The largest absolute Gasteiger partial charge is 0.497 e. The monoisotopic (exact) mass is 424 g/mol. The maximum Gasteiger partial charge on any atom is 0.247 e. The Kier molecular flexibility index (Phi) is 10.3. The minimum atomic E-state index is -0.726. The number of halogens is 1. The molecule has 0 heterocycles. The highest BCUT2D eigenvalue weighted by atomic mass is 35.5. The average molecular weight is 425 g/mol. The van der Waals surface area contributed by atoms with Gasteiger partial charge in [0, 0.05) is 25.8 Å². The van der Waals surface area contributed by atoms with E-state index >= 15 is 0 Å². The van der Waals surface area contributed by atoms with Gasteiger partial charge in [0.15, 0.2) is 0 Å². The van der Waals surface area contributed by atoms with Crippen LogP contribution in [0.1, 0.15) is 57.1 Å². The molecule has 1 aliphatic rings. The maximum atomic E-state index is 13.3. The first-order valence-corrected chi connectivity index (χ1v) is 11.0. The molecule has 1 fully saturated rings. The van der Waals surface area contributed by atoms with Gasteiger partial charge < -0.3 is 19.7 Å². The van der Waals surface area contributed by atoms with Crippen molar-refractivity contribution in [3.63, 3.8) is 0 Å². The van der Waals surface area contributed by atoms with Gasteiger partial charge >= 0.3 is 0 Å². The Morgan fingerprint density at radius 2 is 1.90 bits per heavy atom. The summed E-state index contributed by atoms with van der Waals surface area (Å²) in [5, 5.41) is 3.17. The molecule has 1 unspecified atom stereocenters. The lowest BCUT2D eigenvalue weighted by molar-refractivity contribution is -0.139. The van der Waals surface area contributed by atoms with Gasteiger partial charge in [-0.25, -0.2) is 0 Å². The summed E-state index contributed by atoms with van der Waals surface area (Å²) >= 11 is 5.89. The number of carbonyl (C=O) groups is 2. The van der Waals surface area contributed by atoms with Crippen molar-refractivity contribution < 1.29 is 19.1 Å². The topological polar surface area (TPSA) is 67.9 Å². The zero-order valence-electron chi connectivity index (χ0n) is 17.5. The molecule has 0 bridgehead atoms. The van der Waals surface area contributed by atoms with E-state index in [1.807, 2.05) is 19.1 Å². The third kappa shape index (κ3) is 7.19. The molecule has 1 aromatic rings. The predicted molar refractivity (Wildman–Crippen MR) is 114 cm³/mol. The van der Waals surface area contributed by atoms with Crippen molar-refractivity contribution in [2.75, 3.05) is 32.7 Å². The Hall–Kier alpha value is -1.79. The Balaban J connectivity index is 2.25. The van der Waals surface area contributed by atoms with Crippen LogP contribution in [0, 0.1) is 0 Å². The van der Waals surface area contributed by atoms with Gasteiger partial charge in [0.05, 0.1) is 7.11 Å². The highest BCUT2D eigenvalue weighted by Gasteiger charge is 2.32. The molecule has 0 spiro atoms. The van der Waals surface area contributed by atoms with Gasteiger partial charge in [0.2, 0.25) is 11.8 Å². The molecule has 2 rings (SSSR count). The minimum absolute atomic E-state index is 0.156. The van der Waals surface area contributed by atoms with Crippen LogP contribution in [0.5, 0.6) is 5.75 Å². The summed E-state index contributed by atoms with van der Waals surface area (Å²) in [4.78, 5) is 27.5. The second-order valence-corrected chi connectivity index (χ2v) is 7.56. The first-order chi connectivity index (χ1) is 14.1. The van der Waals surface area contributed by atoms with Crippen molar-refractivity contribution in [3.05, 3.63) is 29.8 Å². The SMILES string of the molecule is CCOCCCN(C(=O)CCl)C(C(=O)NC1CCCCC1)c1ccc(OC)cc1. The number of alkyl halides is 1. The van der Waals surface area contributed by atoms with E-state index in [2.05, 4.69) is 5.32 Å². The highest BCUT2D eigenvalue weighted by Crippen LogP contribution is 2.26. The second kappa shape index (κ2) is 12.7. The van der Waals surface area contributed by atoms with E-state index in [1.54, 1.807) is 24.1 Å². The van der Waals surface area contributed by atoms with E-state index in [4.69, 9.17) is 21.1 Å². The van der Waals surface area contributed by atoms with Crippen LogP contribution in [-0.2, 0) is 14.3 Å². The summed E-state index contributed by atoms with van der Waals surface area (Å²) in [5.41, 5.74) is 0.744. The molecule has 0 saturated heterocycles. The van der Waals surface area contributed by atoms with Gasteiger partial charge in [-0.1, -0.05) is 31.4 Å². The molecule has 1 atom stereocenters. The molecule has 0 aliphatic heterocycles. The van der Waals surface area contributed by atoms with Crippen LogP contribution in [0.4, 0.5) is 0 Å². The predicted octanol–water partition coefficient (Wildman–Crippen LogP) is 3.68. The number of rotatable bonds is 11. The third-order valence-corrected chi connectivity index (χ3v) is 5.50. The first kappa shape index (κ1) is 23.5. The summed E-state index contributed by atoms with van der Waals surface area (Å²) in [6.45, 7) is 3.48. The Morgan fingerprint density at radius 1 is 1.21 bits per heavy atom. The number of ether oxygens (including phenoxy) is 2. The van der Waals surface area contributed by atoms with Crippen molar-refractivity contribution >= 4 is 23.4 Å². The van der Waals surface area contributed by atoms with Crippen LogP contribution in [0.3, 0.4) is 0 Å². The fourth-order valence-electron chi connectivity index (χ4n) is 3.74. The fourth-order valence-corrected chi connectivity index (χ4v) is 3.90. The summed E-state index contributed by atoms with van der Waals surface area (Å²) < 4.78 is 10.6. The van der Waals surface area contributed by atoms with Crippen LogP contribution < -0.4 is 10.1 Å². The van der Waals surface area contributed by atoms with Crippen LogP contribution in [0.15, 0.2) is 24.3 Å². The number of hydrogen-bond donors (Lipinski definition) is 1. The Bertz CT molecular complexity index is 632. The molecule has 162 valence electrons. The van der Waals surface area contributed by atoms with Gasteiger partial charge in [0.1, 0.15) is 17.7 Å². The standard InChI is InChI=1S/C22H33ClN2O4/c1-3-29-15-7-14-25(20(26)16-23)21(17-10-12-19(28-2)13-11-17)22(27)24-18-8-5-4-6-9-18/h10-13,18,21H,3-9,14-16H2,1-2H3,(H,24,27). The number of amides is 2. The maximum absolute atomic E-state index is 13.3. The van der Waals surface area contributed by atoms with Gasteiger partial charge in [0.25, 0.3) is 0 Å². The number of benzene rings is 1. The quantitative estimate of drug-likeness (QED) is 0.434. The minimum Gasteiger partial charge on any atom is -0.497 e. The normalized spacial score (nSPS) is 15.6. The van der Waals surface area contributed by atoms with Crippen molar-refractivity contribution in [3.8, 4) is 5.75 Å². The third-order valence-electron chi connectivity index (χ3n) is 5.27.